The van der Waals surface area contributed by atoms with E-state index in [-0.39, 0.29) is 0 Å². The molecule has 0 atom stereocenters. The van der Waals surface area contributed by atoms with Crippen molar-refractivity contribution < 1.29 is 9.47 Å². The summed E-state index contributed by atoms with van der Waals surface area (Å²) < 4.78 is 9.28. The molecule has 0 N–H and O–H groups in total. The lowest BCUT2D eigenvalue weighted by atomic mass is 9.97. The molecule has 0 saturated heterocycles. The van der Waals surface area contributed by atoms with Gasteiger partial charge in [0.05, 0.1) is 0 Å². The van der Waals surface area contributed by atoms with Gasteiger partial charge in [-0.05, 0) is 6.92 Å². The van der Waals surface area contributed by atoms with E-state index in [0.29, 0.717) is 0 Å². The van der Waals surface area contributed by atoms with Crippen molar-refractivity contribution in [3.63, 3.8) is 0 Å². The lowest BCUT2D eigenvalue weighted by Gasteiger charge is -2.20. The summed E-state index contributed by atoms with van der Waals surface area (Å²) in [4.78, 5) is 0. The molecule has 0 unspecified atom stereocenters. The Kier molecular flexibility index (Phi) is 2.33. The lowest BCUT2D eigenvalue weighted by Crippen LogP contribution is -2.29. The van der Waals surface area contributed by atoms with Crippen molar-refractivity contribution >= 4 is 7.85 Å². The van der Waals surface area contributed by atoms with Gasteiger partial charge in [0.2, 0.25) is 0 Å². The molecule has 7 heavy (non-hydrogen) atoms. The van der Waals surface area contributed by atoms with Gasteiger partial charge in [-0.25, -0.2) is 0 Å². The van der Waals surface area contributed by atoms with Crippen LogP contribution >= 0.6 is 0 Å². The van der Waals surface area contributed by atoms with Gasteiger partial charge < -0.3 is 9.47 Å². The van der Waals surface area contributed by atoms with Crippen LogP contribution in [0.2, 0.25) is 0 Å². The Morgan fingerprint density at radius 2 is 1.57 bits per heavy atom. The largest absolute Gasteiger partial charge is 0.363 e. The van der Waals surface area contributed by atoms with Crippen LogP contribution < -0.4 is 0 Å². The Hall–Kier alpha value is -0.0151. The first kappa shape index (κ1) is 6.98. The molecule has 2 radical (unpaired) electrons. The lowest BCUT2D eigenvalue weighted by molar-refractivity contribution is -0.127. The average molecular weight is 99.9 g/mol. The molecule has 2 nitrogen and oxygen atoms in total. The molecule has 3 heteroatoms. The topological polar surface area (TPSA) is 18.5 Å². The molecule has 0 heterocycles. The average Bonchev–Trinajstić information content (AvgIpc) is 1.68. The SMILES string of the molecule is [B]C(C)(OC)OC. The maximum atomic E-state index is 5.27. The highest BCUT2D eigenvalue weighted by Gasteiger charge is 2.11. The normalized spacial score (nSPS) is 11.9. The predicted octanol–water partition coefficient (Wildman–Crippen LogP) is 0.121. The molecule has 0 saturated carbocycles. The van der Waals surface area contributed by atoms with Gasteiger partial charge in [-0.3, -0.25) is 0 Å². The predicted molar refractivity (Wildman–Crippen MR) is 28.2 cm³/mol. The van der Waals surface area contributed by atoms with E-state index < -0.39 is 5.69 Å². The molecule has 0 aromatic carbocycles. The molecule has 0 rings (SSSR count). The molecular weight excluding hydrogens is 90.9 g/mol. The molecule has 0 aliphatic carbocycles. The maximum Gasteiger partial charge on any atom is 0.153 e. The van der Waals surface area contributed by atoms with Crippen LogP contribution in [0.5, 0.6) is 0 Å². The molecule has 0 bridgehead atoms. The van der Waals surface area contributed by atoms with Crippen LogP contribution in [0.4, 0.5) is 0 Å². The quantitative estimate of drug-likeness (QED) is 0.362. The number of ether oxygens (including phenoxy) is 2. The van der Waals surface area contributed by atoms with Gasteiger partial charge in [-0.1, -0.05) is 0 Å². The Balaban J connectivity index is 3.36. The summed E-state index contributed by atoms with van der Waals surface area (Å²) in [5.74, 6) is 0. The Morgan fingerprint density at radius 3 is 1.57 bits per heavy atom. The van der Waals surface area contributed by atoms with E-state index in [1.54, 1.807) is 6.92 Å². The van der Waals surface area contributed by atoms with E-state index >= 15 is 0 Å². The van der Waals surface area contributed by atoms with Crippen LogP contribution in [0.25, 0.3) is 0 Å². The van der Waals surface area contributed by atoms with Crippen molar-refractivity contribution in [2.75, 3.05) is 14.2 Å². The van der Waals surface area contributed by atoms with Gasteiger partial charge in [0.15, 0.2) is 7.85 Å². The Labute approximate surface area is 45.2 Å². The third kappa shape index (κ3) is 2.65. The zero-order valence-electron chi connectivity index (χ0n) is 4.89. The van der Waals surface area contributed by atoms with E-state index in [1.165, 1.54) is 14.2 Å². The second-order valence-electron chi connectivity index (χ2n) is 1.42. The van der Waals surface area contributed by atoms with Crippen molar-refractivity contribution in [3.05, 3.63) is 0 Å². The second-order valence-corrected chi connectivity index (χ2v) is 1.42. The van der Waals surface area contributed by atoms with E-state index in [9.17, 15) is 0 Å². The van der Waals surface area contributed by atoms with Gasteiger partial charge in [0.25, 0.3) is 0 Å². The number of methoxy groups -OCH3 is 2. The van der Waals surface area contributed by atoms with Crippen LogP contribution in [0, 0.1) is 0 Å². The van der Waals surface area contributed by atoms with E-state index in [2.05, 4.69) is 9.47 Å². The Morgan fingerprint density at radius 1 is 1.29 bits per heavy atom. The van der Waals surface area contributed by atoms with Crippen LogP contribution in [-0.4, -0.2) is 27.8 Å². The zero-order valence-corrected chi connectivity index (χ0v) is 4.89. The molecule has 0 spiro atoms. The number of hydrogen-bond acceptors (Lipinski definition) is 2. The van der Waals surface area contributed by atoms with Gasteiger partial charge >= 0.3 is 0 Å². The Bertz CT molecular complexity index is 47.7. The molecular formula is C4H9BO2. The molecule has 0 amide bonds. The zero-order chi connectivity index (χ0) is 5.91. The molecule has 40 valence electrons. The van der Waals surface area contributed by atoms with Crippen LogP contribution in [0.3, 0.4) is 0 Å². The van der Waals surface area contributed by atoms with Crippen molar-refractivity contribution in [2.24, 2.45) is 0 Å². The second kappa shape index (κ2) is 2.33. The van der Waals surface area contributed by atoms with Gasteiger partial charge in [-0.15, -0.1) is 0 Å². The summed E-state index contributed by atoms with van der Waals surface area (Å²) in [7, 11) is 8.25. The molecule has 0 aromatic rings. The third-order valence-electron chi connectivity index (χ3n) is 0.811. The summed E-state index contributed by atoms with van der Waals surface area (Å²) >= 11 is 0. The number of rotatable bonds is 2. The summed E-state index contributed by atoms with van der Waals surface area (Å²) in [6, 6.07) is 0. The molecule has 0 aliphatic heterocycles. The first-order valence-corrected chi connectivity index (χ1v) is 2.01. The summed E-state index contributed by atoms with van der Waals surface area (Å²) in [5.41, 5.74) is -0.917. The van der Waals surface area contributed by atoms with Gasteiger partial charge in [0.1, 0.15) is 5.69 Å². The summed E-state index contributed by atoms with van der Waals surface area (Å²) in [6.07, 6.45) is 0. The van der Waals surface area contributed by atoms with Gasteiger partial charge in [0, 0.05) is 14.2 Å². The van der Waals surface area contributed by atoms with Crippen LogP contribution in [-0.2, 0) is 9.47 Å². The first-order chi connectivity index (χ1) is 3.12. The highest BCUT2D eigenvalue weighted by atomic mass is 16.7. The van der Waals surface area contributed by atoms with Crippen LogP contribution in [0.1, 0.15) is 6.92 Å². The monoisotopic (exact) mass is 100 g/mol. The fourth-order valence-electron chi connectivity index (χ4n) is 0.0833. The van der Waals surface area contributed by atoms with Crippen molar-refractivity contribution in [1.29, 1.82) is 0 Å². The molecule has 0 fully saturated rings. The van der Waals surface area contributed by atoms with Crippen LogP contribution in [0.15, 0.2) is 0 Å². The summed E-state index contributed by atoms with van der Waals surface area (Å²) in [6.45, 7) is 1.63. The highest BCUT2D eigenvalue weighted by molar-refractivity contribution is 6.13. The molecule has 0 aliphatic rings. The smallest absolute Gasteiger partial charge is 0.153 e. The van der Waals surface area contributed by atoms with Crippen molar-refractivity contribution in [1.82, 2.24) is 0 Å². The maximum absolute atomic E-state index is 5.27. The van der Waals surface area contributed by atoms with E-state index in [0.717, 1.165) is 0 Å². The van der Waals surface area contributed by atoms with E-state index in [1.807, 2.05) is 0 Å². The summed E-state index contributed by atoms with van der Waals surface area (Å²) in [5, 5.41) is 0. The molecule has 0 aromatic heterocycles. The number of hydrogen-bond donors (Lipinski definition) is 0. The standard InChI is InChI=1S/C4H9BO2/c1-4(5,6-2)7-3/h1-3H3. The highest BCUT2D eigenvalue weighted by Crippen LogP contribution is 2.00. The fourth-order valence-corrected chi connectivity index (χ4v) is 0.0833. The van der Waals surface area contributed by atoms with Crippen molar-refractivity contribution in [2.45, 2.75) is 12.6 Å². The first-order valence-electron chi connectivity index (χ1n) is 2.01. The van der Waals surface area contributed by atoms with Gasteiger partial charge in [-0.2, -0.15) is 0 Å². The minimum absolute atomic E-state index is 0.917. The minimum atomic E-state index is -0.917. The fraction of sp³-hybridized carbons (Fsp3) is 1.00. The third-order valence-corrected chi connectivity index (χ3v) is 0.811. The van der Waals surface area contributed by atoms with Crippen molar-refractivity contribution in [3.8, 4) is 0 Å². The van der Waals surface area contributed by atoms with E-state index in [4.69, 9.17) is 7.85 Å². The minimum Gasteiger partial charge on any atom is -0.363 e.